The molecule has 3 aromatic rings. The molecule has 0 saturated carbocycles. The van der Waals surface area contributed by atoms with Gasteiger partial charge in [-0.1, -0.05) is 18.2 Å². The first-order valence-electron chi connectivity index (χ1n) is 9.72. The highest BCUT2D eigenvalue weighted by Crippen LogP contribution is 2.28. The number of hydrogen-bond acceptors (Lipinski definition) is 6. The van der Waals surface area contributed by atoms with Gasteiger partial charge < -0.3 is 16.0 Å². The second-order valence-corrected chi connectivity index (χ2v) is 7.41. The lowest BCUT2D eigenvalue weighted by atomic mass is 9.93. The molecule has 1 aliphatic heterocycles. The first-order chi connectivity index (χ1) is 13.6. The fourth-order valence-electron chi connectivity index (χ4n) is 3.75. The van der Waals surface area contributed by atoms with E-state index in [2.05, 4.69) is 69.5 Å². The highest BCUT2D eigenvalue weighted by molar-refractivity contribution is 5.88. The molecule has 1 saturated heterocycles. The van der Waals surface area contributed by atoms with Crippen LogP contribution in [0.15, 0.2) is 54.6 Å². The maximum atomic E-state index is 5.60. The molecule has 1 aromatic carbocycles. The summed E-state index contributed by atoms with van der Waals surface area (Å²) in [7, 11) is 2.19. The number of likely N-dealkylation sites (tertiary alicyclic amines) is 1. The molecule has 1 fully saturated rings. The zero-order valence-electron chi connectivity index (χ0n) is 16.4. The van der Waals surface area contributed by atoms with Gasteiger partial charge in [0.1, 0.15) is 5.82 Å². The van der Waals surface area contributed by atoms with Crippen molar-refractivity contribution >= 4 is 22.5 Å². The minimum atomic E-state index is 0.285. The third-order valence-corrected chi connectivity index (χ3v) is 5.47. The van der Waals surface area contributed by atoms with Crippen molar-refractivity contribution in [2.45, 2.75) is 19.8 Å². The standard InChI is InChI=1S/C22H26N6/c1-3-20(15-6-8-28(2)9-7-15)27-21-11-18-10-16(4-5-17(18)12-24-21)19-13-25-22(23)26-14-19/h3-5,10-15H,6-9H2,1-2H3,(H,24,27)(H2,23,25,26)/b20-3-. The molecule has 0 spiro atoms. The number of nitrogen functional groups attached to an aromatic ring is 1. The molecule has 6 nitrogen and oxygen atoms in total. The van der Waals surface area contributed by atoms with Gasteiger partial charge in [0.05, 0.1) is 0 Å². The Morgan fingerprint density at radius 1 is 1.04 bits per heavy atom. The van der Waals surface area contributed by atoms with Gasteiger partial charge in [0.25, 0.3) is 0 Å². The van der Waals surface area contributed by atoms with Crippen molar-refractivity contribution in [1.29, 1.82) is 0 Å². The van der Waals surface area contributed by atoms with Crippen LogP contribution in [0.3, 0.4) is 0 Å². The average molecular weight is 374 g/mol. The van der Waals surface area contributed by atoms with Gasteiger partial charge in [-0.25, -0.2) is 15.0 Å². The number of nitrogens with one attached hydrogen (secondary N) is 1. The van der Waals surface area contributed by atoms with Crippen LogP contribution in [0.5, 0.6) is 0 Å². The molecule has 0 atom stereocenters. The number of rotatable bonds is 4. The van der Waals surface area contributed by atoms with Gasteiger partial charge in [-0.2, -0.15) is 0 Å². The minimum absolute atomic E-state index is 0.285. The van der Waals surface area contributed by atoms with Crippen LogP contribution in [-0.2, 0) is 0 Å². The molecule has 2 aromatic heterocycles. The summed E-state index contributed by atoms with van der Waals surface area (Å²) in [5.41, 5.74) is 8.87. The summed E-state index contributed by atoms with van der Waals surface area (Å²) >= 11 is 0. The van der Waals surface area contributed by atoms with Crippen LogP contribution in [0, 0.1) is 5.92 Å². The highest BCUT2D eigenvalue weighted by Gasteiger charge is 2.20. The van der Waals surface area contributed by atoms with E-state index in [1.165, 1.54) is 18.5 Å². The van der Waals surface area contributed by atoms with Gasteiger partial charge in [-0.05, 0) is 63.0 Å². The van der Waals surface area contributed by atoms with E-state index in [9.17, 15) is 0 Å². The molecular formula is C22H26N6. The lowest BCUT2D eigenvalue weighted by Crippen LogP contribution is -2.32. The lowest BCUT2D eigenvalue weighted by molar-refractivity contribution is 0.238. The van der Waals surface area contributed by atoms with Crippen molar-refractivity contribution in [1.82, 2.24) is 19.9 Å². The van der Waals surface area contributed by atoms with E-state index >= 15 is 0 Å². The molecule has 28 heavy (non-hydrogen) atoms. The fourth-order valence-corrected chi connectivity index (χ4v) is 3.75. The fraction of sp³-hybridized carbons (Fsp3) is 0.318. The third-order valence-electron chi connectivity index (χ3n) is 5.47. The Hall–Kier alpha value is -2.99. The molecule has 144 valence electrons. The molecular weight excluding hydrogens is 348 g/mol. The van der Waals surface area contributed by atoms with E-state index in [-0.39, 0.29) is 5.95 Å². The molecule has 0 amide bonds. The van der Waals surface area contributed by atoms with E-state index in [1.807, 2.05) is 6.20 Å². The predicted molar refractivity (Wildman–Crippen MR) is 115 cm³/mol. The Bertz CT molecular complexity index is 988. The molecule has 0 unspecified atom stereocenters. The Morgan fingerprint density at radius 2 is 1.79 bits per heavy atom. The molecule has 0 aliphatic carbocycles. The van der Waals surface area contributed by atoms with Crippen molar-refractivity contribution in [3.8, 4) is 11.1 Å². The highest BCUT2D eigenvalue weighted by atomic mass is 15.1. The third kappa shape index (κ3) is 3.97. The van der Waals surface area contributed by atoms with Crippen LogP contribution in [0.25, 0.3) is 21.9 Å². The zero-order valence-corrected chi connectivity index (χ0v) is 16.4. The monoisotopic (exact) mass is 374 g/mol. The first kappa shape index (κ1) is 18.4. The average Bonchev–Trinajstić information content (AvgIpc) is 2.73. The largest absolute Gasteiger partial charge is 0.368 e. The van der Waals surface area contributed by atoms with Crippen molar-refractivity contribution in [3.63, 3.8) is 0 Å². The molecule has 3 N–H and O–H groups in total. The minimum Gasteiger partial charge on any atom is -0.368 e. The number of fused-ring (bicyclic) bond motifs is 1. The predicted octanol–water partition coefficient (Wildman–Crippen LogP) is 3.93. The number of hydrogen-bond donors (Lipinski definition) is 2. The number of nitrogens with zero attached hydrogens (tertiary/aromatic N) is 4. The quantitative estimate of drug-likeness (QED) is 0.720. The molecule has 4 rings (SSSR count). The van der Waals surface area contributed by atoms with Gasteiger partial charge in [0.15, 0.2) is 0 Å². The number of piperidine rings is 1. The molecule has 6 heteroatoms. The molecule has 0 bridgehead atoms. The normalized spacial score (nSPS) is 16.4. The van der Waals surface area contributed by atoms with Gasteiger partial charge in [-0.3, -0.25) is 0 Å². The second kappa shape index (κ2) is 7.94. The van der Waals surface area contributed by atoms with E-state index in [0.29, 0.717) is 5.92 Å². The van der Waals surface area contributed by atoms with Crippen LogP contribution in [0.2, 0.25) is 0 Å². The van der Waals surface area contributed by atoms with Crippen LogP contribution in [-0.4, -0.2) is 40.0 Å². The Labute approximate surface area is 165 Å². The maximum Gasteiger partial charge on any atom is 0.219 e. The lowest BCUT2D eigenvalue weighted by Gasteiger charge is -2.30. The Balaban J connectivity index is 1.58. The van der Waals surface area contributed by atoms with E-state index < -0.39 is 0 Å². The second-order valence-electron chi connectivity index (χ2n) is 7.41. The van der Waals surface area contributed by atoms with Crippen molar-refractivity contribution in [3.05, 3.63) is 54.6 Å². The summed E-state index contributed by atoms with van der Waals surface area (Å²) in [5, 5.41) is 5.80. The topological polar surface area (TPSA) is 80.0 Å². The summed E-state index contributed by atoms with van der Waals surface area (Å²) in [4.78, 5) is 15.2. The van der Waals surface area contributed by atoms with Crippen molar-refractivity contribution < 1.29 is 0 Å². The summed E-state index contributed by atoms with van der Waals surface area (Å²) in [6, 6.07) is 8.38. The SMILES string of the molecule is C/C=C(\Nc1cc2cc(-c3cnc(N)nc3)ccc2cn1)C1CCN(C)CC1. The van der Waals surface area contributed by atoms with Crippen LogP contribution in [0.4, 0.5) is 11.8 Å². The number of anilines is 2. The van der Waals surface area contributed by atoms with Gasteiger partial charge >= 0.3 is 0 Å². The summed E-state index contributed by atoms with van der Waals surface area (Å²) in [5.74, 6) is 1.73. The number of benzene rings is 1. The number of pyridine rings is 1. The van der Waals surface area contributed by atoms with Gasteiger partial charge in [0, 0.05) is 41.2 Å². The van der Waals surface area contributed by atoms with E-state index in [4.69, 9.17) is 5.73 Å². The van der Waals surface area contributed by atoms with Crippen molar-refractivity contribution in [2.75, 3.05) is 31.2 Å². The summed E-state index contributed by atoms with van der Waals surface area (Å²) in [6.45, 7) is 4.38. The first-order valence-corrected chi connectivity index (χ1v) is 9.72. The van der Waals surface area contributed by atoms with E-state index in [1.54, 1.807) is 12.4 Å². The number of aromatic nitrogens is 3. The van der Waals surface area contributed by atoms with Gasteiger partial charge in [0.2, 0.25) is 5.95 Å². The Morgan fingerprint density at radius 3 is 2.50 bits per heavy atom. The molecule has 0 radical (unpaired) electrons. The molecule has 1 aliphatic rings. The van der Waals surface area contributed by atoms with Crippen molar-refractivity contribution in [2.24, 2.45) is 5.92 Å². The van der Waals surface area contributed by atoms with Crippen LogP contribution in [0.1, 0.15) is 19.8 Å². The maximum absolute atomic E-state index is 5.60. The number of nitrogens with two attached hydrogens (primary N) is 1. The number of allylic oxidation sites excluding steroid dienone is 2. The van der Waals surface area contributed by atoms with Gasteiger partial charge in [-0.15, -0.1) is 0 Å². The smallest absolute Gasteiger partial charge is 0.219 e. The summed E-state index contributed by atoms with van der Waals surface area (Å²) in [6.07, 6.45) is 9.96. The van der Waals surface area contributed by atoms with E-state index in [0.717, 1.165) is 40.8 Å². The molecule has 3 heterocycles. The van der Waals surface area contributed by atoms with Crippen LogP contribution >= 0.6 is 0 Å². The zero-order chi connectivity index (χ0) is 19.5. The Kier molecular flexibility index (Phi) is 5.21. The van der Waals surface area contributed by atoms with Crippen LogP contribution < -0.4 is 11.1 Å². The summed E-state index contributed by atoms with van der Waals surface area (Å²) < 4.78 is 0.